The average molecular weight is 481 g/mol. The number of benzene rings is 4. The number of thiazole rings is 1. The molecule has 0 aliphatic carbocycles. The number of para-hydroxylation sites is 2. The Morgan fingerprint density at radius 2 is 1.76 bits per heavy atom. The van der Waals surface area contributed by atoms with Crippen molar-refractivity contribution in [2.24, 2.45) is 0 Å². The van der Waals surface area contributed by atoms with E-state index in [1.54, 1.807) is 23.1 Å². The van der Waals surface area contributed by atoms with Gasteiger partial charge in [-0.15, -0.1) is 11.3 Å². The van der Waals surface area contributed by atoms with E-state index in [1.807, 2.05) is 66.7 Å². The molecule has 0 bridgehead atoms. The largest absolute Gasteiger partial charge is 0.341 e. The molecule has 0 unspecified atom stereocenters. The lowest BCUT2D eigenvalue weighted by Crippen LogP contribution is -2.14. The van der Waals surface area contributed by atoms with Crippen molar-refractivity contribution in [3.8, 4) is 0 Å². The van der Waals surface area contributed by atoms with Gasteiger partial charge in [0, 0.05) is 5.69 Å². The number of carbonyl (C=O) groups is 1. The SMILES string of the molecule is O=C(Cc1cccc2ccccc12)Nc1ccc2nc(SCc3nc4ccccc4[nH]3)sc2c1. The summed E-state index contributed by atoms with van der Waals surface area (Å²) in [6.07, 6.45) is 0.334. The highest BCUT2D eigenvalue weighted by Gasteiger charge is 2.11. The van der Waals surface area contributed by atoms with E-state index in [9.17, 15) is 4.79 Å². The molecule has 5 nitrogen and oxygen atoms in total. The third kappa shape index (κ3) is 4.27. The fraction of sp³-hybridized carbons (Fsp3) is 0.0741. The average Bonchev–Trinajstić information content (AvgIpc) is 3.46. The molecule has 6 rings (SSSR count). The summed E-state index contributed by atoms with van der Waals surface area (Å²) in [7, 11) is 0. The Bertz CT molecular complexity index is 1610. The minimum Gasteiger partial charge on any atom is -0.341 e. The van der Waals surface area contributed by atoms with Crippen LogP contribution in [0.1, 0.15) is 11.4 Å². The second-order valence-electron chi connectivity index (χ2n) is 8.01. The summed E-state index contributed by atoms with van der Waals surface area (Å²) in [6, 6.07) is 28.1. The van der Waals surface area contributed by atoms with Gasteiger partial charge in [0.2, 0.25) is 5.91 Å². The van der Waals surface area contributed by atoms with Gasteiger partial charge in [-0.3, -0.25) is 4.79 Å². The lowest BCUT2D eigenvalue weighted by atomic mass is 10.0. The van der Waals surface area contributed by atoms with Crippen molar-refractivity contribution in [2.75, 3.05) is 5.32 Å². The molecule has 4 aromatic carbocycles. The van der Waals surface area contributed by atoms with E-state index in [0.29, 0.717) is 6.42 Å². The van der Waals surface area contributed by atoms with Crippen LogP contribution in [0.5, 0.6) is 0 Å². The van der Waals surface area contributed by atoms with Crippen molar-refractivity contribution in [2.45, 2.75) is 16.5 Å². The van der Waals surface area contributed by atoms with Crippen LogP contribution in [0.25, 0.3) is 32.0 Å². The first-order valence-electron chi connectivity index (χ1n) is 10.9. The van der Waals surface area contributed by atoms with Crippen LogP contribution in [-0.4, -0.2) is 20.9 Å². The number of aromatic nitrogens is 3. The maximum Gasteiger partial charge on any atom is 0.228 e. The smallest absolute Gasteiger partial charge is 0.228 e. The molecule has 0 atom stereocenters. The zero-order valence-electron chi connectivity index (χ0n) is 18.1. The molecule has 6 aromatic rings. The molecule has 0 aliphatic heterocycles. The van der Waals surface area contributed by atoms with Gasteiger partial charge in [-0.1, -0.05) is 66.4 Å². The van der Waals surface area contributed by atoms with E-state index in [-0.39, 0.29) is 5.91 Å². The minimum atomic E-state index is -0.0281. The highest BCUT2D eigenvalue weighted by molar-refractivity contribution is 8.00. The summed E-state index contributed by atoms with van der Waals surface area (Å²) in [5, 5.41) is 5.31. The lowest BCUT2D eigenvalue weighted by Gasteiger charge is -2.08. The Hall–Kier alpha value is -3.68. The second-order valence-corrected chi connectivity index (χ2v) is 10.3. The number of nitrogens with one attached hydrogen (secondary N) is 2. The number of carbonyl (C=O) groups excluding carboxylic acids is 1. The number of hydrogen-bond donors (Lipinski definition) is 2. The van der Waals surface area contributed by atoms with Crippen LogP contribution in [0, 0.1) is 0 Å². The number of imidazole rings is 1. The number of thioether (sulfide) groups is 1. The van der Waals surface area contributed by atoms with Gasteiger partial charge in [-0.2, -0.15) is 0 Å². The molecule has 1 amide bonds. The Morgan fingerprint density at radius 3 is 2.71 bits per heavy atom. The van der Waals surface area contributed by atoms with Crippen molar-refractivity contribution in [3.63, 3.8) is 0 Å². The van der Waals surface area contributed by atoms with Crippen LogP contribution in [0.15, 0.2) is 89.3 Å². The van der Waals surface area contributed by atoms with E-state index < -0.39 is 0 Å². The van der Waals surface area contributed by atoms with Gasteiger partial charge in [0.1, 0.15) is 5.82 Å². The molecule has 0 spiro atoms. The Morgan fingerprint density at radius 1 is 0.912 bits per heavy atom. The van der Waals surface area contributed by atoms with Gasteiger partial charge in [-0.05, 0) is 46.7 Å². The van der Waals surface area contributed by atoms with Crippen LogP contribution >= 0.6 is 23.1 Å². The Balaban J connectivity index is 1.14. The van der Waals surface area contributed by atoms with Crippen LogP contribution in [-0.2, 0) is 17.0 Å². The van der Waals surface area contributed by atoms with Crippen molar-refractivity contribution in [1.82, 2.24) is 15.0 Å². The normalized spacial score (nSPS) is 11.4. The first kappa shape index (κ1) is 20.9. The number of H-pyrrole nitrogens is 1. The first-order valence-corrected chi connectivity index (χ1v) is 12.7. The molecule has 2 heterocycles. The van der Waals surface area contributed by atoms with Gasteiger partial charge < -0.3 is 10.3 Å². The molecule has 0 aliphatic rings. The van der Waals surface area contributed by atoms with E-state index in [1.165, 1.54) is 0 Å². The minimum absolute atomic E-state index is 0.0281. The summed E-state index contributed by atoms with van der Waals surface area (Å²) in [6.45, 7) is 0. The van der Waals surface area contributed by atoms with E-state index in [0.717, 1.165) is 59.2 Å². The fourth-order valence-electron chi connectivity index (χ4n) is 4.07. The fourth-order valence-corrected chi connectivity index (χ4v) is 6.05. The number of amides is 1. The van der Waals surface area contributed by atoms with E-state index in [2.05, 4.69) is 33.5 Å². The summed E-state index contributed by atoms with van der Waals surface area (Å²) >= 11 is 3.29. The van der Waals surface area contributed by atoms with Crippen LogP contribution in [0.3, 0.4) is 0 Å². The summed E-state index contributed by atoms with van der Waals surface area (Å²) in [4.78, 5) is 25.5. The molecular formula is C27H20N4OS2. The van der Waals surface area contributed by atoms with Gasteiger partial charge in [0.05, 0.1) is 33.4 Å². The molecule has 34 heavy (non-hydrogen) atoms. The van der Waals surface area contributed by atoms with Crippen molar-refractivity contribution in [1.29, 1.82) is 0 Å². The van der Waals surface area contributed by atoms with Crippen LogP contribution in [0.2, 0.25) is 0 Å². The van der Waals surface area contributed by atoms with Gasteiger partial charge in [0.25, 0.3) is 0 Å². The van der Waals surface area contributed by atoms with Crippen molar-refractivity contribution < 1.29 is 4.79 Å². The predicted molar refractivity (Wildman–Crippen MR) is 142 cm³/mol. The standard InChI is InChI=1S/C27H20N4OS2/c32-26(14-18-8-5-7-17-6-1-2-9-20(17)18)28-19-12-13-23-24(15-19)34-27(31-23)33-16-25-29-21-10-3-4-11-22(21)30-25/h1-13,15H,14,16H2,(H,28,32)(H,29,30). The molecule has 2 N–H and O–H groups in total. The molecule has 0 saturated carbocycles. The van der Waals surface area contributed by atoms with E-state index >= 15 is 0 Å². The molecule has 0 fully saturated rings. The molecule has 0 saturated heterocycles. The monoisotopic (exact) mass is 480 g/mol. The third-order valence-electron chi connectivity index (χ3n) is 5.65. The highest BCUT2D eigenvalue weighted by Crippen LogP contribution is 2.33. The molecule has 0 radical (unpaired) electrons. The zero-order valence-corrected chi connectivity index (χ0v) is 19.7. The molecule has 2 aromatic heterocycles. The predicted octanol–water partition coefficient (Wildman–Crippen LogP) is 6.80. The number of aromatic amines is 1. The zero-order chi connectivity index (χ0) is 22.9. The molecule has 7 heteroatoms. The molecular weight excluding hydrogens is 460 g/mol. The third-order valence-corrected chi connectivity index (χ3v) is 7.83. The molecule has 166 valence electrons. The van der Waals surface area contributed by atoms with Gasteiger partial charge >= 0.3 is 0 Å². The topological polar surface area (TPSA) is 70.7 Å². The van der Waals surface area contributed by atoms with Crippen LogP contribution < -0.4 is 5.32 Å². The Labute approximate surface area is 204 Å². The Kier molecular flexibility index (Phi) is 5.49. The number of fused-ring (bicyclic) bond motifs is 3. The number of hydrogen-bond acceptors (Lipinski definition) is 5. The van der Waals surface area contributed by atoms with Crippen LogP contribution in [0.4, 0.5) is 5.69 Å². The summed E-state index contributed by atoms with van der Waals surface area (Å²) in [5.74, 6) is 1.63. The highest BCUT2D eigenvalue weighted by atomic mass is 32.2. The number of rotatable bonds is 6. The second kappa shape index (κ2) is 8.93. The van der Waals surface area contributed by atoms with Crippen molar-refractivity contribution in [3.05, 3.63) is 96.3 Å². The number of anilines is 1. The summed E-state index contributed by atoms with van der Waals surface area (Å²) in [5.41, 5.74) is 4.77. The number of nitrogens with zero attached hydrogens (tertiary/aromatic N) is 2. The van der Waals surface area contributed by atoms with Crippen molar-refractivity contribution >= 4 is 66.7 Å². The quantitative estimate of drug-likeness (QED) is 0.257. The van der Waals surface area contributed by atoms with Gasteiger partial charge in [0.15, 0.2) is 4.34 Å². The lowest BCUT2D eigenvalue weighted by molar-refractivity contribution is -0.115. The van der Waals surface area contributed by atoms with E-state index in [4.69, 9.17) is 4.98 Å². The maximum atomic E-state index is 12.8. The maximum absolute atomic E-state index is 12.8. The first-order chi connectivity index (χ1) is 16.7. The van der Waals surface area contributed by atoms with Gasteiger partial charge in [-0.25, -0.2) is 9.97 Å². The summed E-state index contributed by atoms with van der Waals surface area (Å²) < 4.78 is 2.03.